The summed E-state index contributed by atoms with van der Waals surface area (Å²) in [7, 11) is 1.37. The highest BCUT2D eigenvalue weighted by Gasteiger charge is 2.18. The molecule has 1 amide bonds. The molecule has 0 aliphatic carbocycles. The molecule has 0 aliphatic rings. The fourth-order valence-electron chi connectivity index (χ4n) is 1.26. The highest BCUT2D eigenvalue weighted by atomic mass is 32.1. The fourth-order valence-corrected chi connectivity index (χ4v) is 1.32. The van der Waals surface area contributed by atoms with Crippen LogP contribution < -0.4 is 10.1 Å². The van der Waals surface area contributed by atoms with Gasteiger partial charge in [0.15, 0.2) is 11.6 Å². The zero-order valence-corrected chi connectivity index (χ0v) is 10.9. The summed E-state index contributed by atoms with van der Waals surface area (Å²) < 4.78 is 18.0. The first kappa shape index (κ1) is 13.8. The molecule has 0 bridgehead atoms. The molecule has 1 atom stereocenters. The smallest absolute Gasteiger partial charge is 0.237 e. The first-order chi connectivity index (χ1) is 7.95. The van der Waals surface area contributed by atoms with Crippen LogP contribution in [0.3, 0.4) is 0 Å². The van der Waals surface area contributed by atoms with Crippen molar-refractivity contribution in [3.8, 4) is 5.75 Å². The SMILES string of the molecule is COc1cc(NC(=O)C(S)C(C)C)ccc1F. The monoisotopic (exact) mass is 257 g/mol. The third-order valence-corrected chi connectivity index (χ3v) is 3.15. The molecule has 0 aromatic heterocycles. The van der Waals surface area contributed by atoms with E-state index in [4.69, 9.17) is 4.74 Å². The van der Waals surface area contributed by atoms with Crippen molar-refractivity contribution < 1.29 is 13.9 Å². The van der Waals surface area contributed by atoms with Crippen LogP contribution in [0.2, 0.25) is 0 Å². The summed E-state index contributed by atoms with van der Waals surface area (Å²) >= 11 is 4.20. The molecule has 5 heteroatoms. The van der Waals surface area contributed by atoms with Crippen molar-refractivity contribution in [1.82, 2.24) is 0 Å². The van der Waals surface area contributed by atoms with Crippen LogP contribution in [0.15, 0.2) is 18.2 Å². The van der Waals surface area contributed by atoms with E-state index < -0.39 is 11.1 Å². The van der Waals surface area contributed by atoms with Crippen molar-refractivity contribution in [2.24, 2.45) is 5.92 Å². The van der Waals surface area contributed by atoms with Gasteiger partial charge in [-0.3, -0.25) is 4.79 Å². The molecular formula is C12H16FNO2S. The highest BCUT2D eigenvalue weighted by Crippen LogP contribution is 2.22. The number of hydrogen-bond donors (Lipinski definition) is 2. The number of halogens is 1. The molecule has 17 heavy (non-hydrogen) atoms. The van der Waals surface area contributed by atoms with E-state index >= 15 is 0 Å². The van der Waals surface area contributed by atoms with Gasteiger partial charge >= 0.3 is 0 Å². The number of carbonyl (C=O) groups excluding carboxylic acids is 1. The summed E-state index contributed by atoms with van der Waals surface area (Å²) in [6.07, 6.45) is 0. The van der Waals surface area contributed by atoms with Crippen LogP contribution in [0.4, 0.5) is 10.1 Å². The Balaban J connectivity index is 2.78. The Kier molecular flexibility index (Phi) is 4.81. The number of amides is 1. The van der Waals surface area contributed by atoms with Crippen LogP contribution in [0.25, 0.3) is 0 Å². The Morgan fingerprint density at radius 2 is 2.12 bits per heavy atom. The van der Waals surface area contributed by atoms with E-state index in [2.05, 4.69) is 17.9 Å². The van der Waals surface area contributed by atoms with Crippen LogP contribution in [0.1, 0.15) is 13.8 Å². The number of ether oxygens (including phenoxy) is 1. The average molecular weight is 257 g/mol. The molecule has 0 saturated carbocycles. The number of methoxy groups -OCH3 is 1. The molecular weight excluding hydrogens is 241 g/mol. The minimum absolute atomic E-state index is 0.100. The van der Waals surface area contributed by atoms with Crippen molar-refractivity contribution in [3.63, 3.8) is 0 Å². The van der Waals surface area contributed by atoms with E-state index in [0.29, 0.717) is 5.69 Å². The first-order valence-corrected chi connectivity index (χ1v) is 5.79. The third kappa shape index (κ3) is 3.63. The molecule has 1 unspecified atom stereocenters. The van der Waals surface area contributed by atoms with Crippen molar-refractivity contribution in [1.29, 1.82) is 0 Å². The average Bonchev–Trinajstić information content (AvgIpc) is 2.30. The number of thiol groups is 1. The summed E-state index contributed by atoms with van der Waals surface area (Å²) in [5, 5.41) is 2.27. The van der Waals surface area contributed by atoms with Crippen LogP contribution in [0.5, 0.6) is 5.75 Å². The topological polar surface area (TPSA) is 38.3 Å². The van der Waals surface area contributed by atoms with Gasteiger partial charge in [0, 0.05) is 11.8 Å². The minimum Gasteiger partial charge on any atom is -0.494 e. The van der Waals surface area contributed by atoms with Gasteiger partial charge in [0.1, 0.15) is 0 Å². The lowest BCUT2D eigenvalue weighted by atomic mass is 10.1. The molecule has 0 heterocycles. The molecule has 3 nitrogen and oxygen atoms in total. The van der Waals surface area contributed by atoms with Gasteiger partial charge in [0.2, 0.25) is 5.91 Å². The second kappa shape index (κ2) is 5.91. The molecule has 1 aromatic rings. The standard InChI is InChI=1S/C12H16FNO2S/c1-7(2)11(17)12(15)14-8-4-5-9(13)10(6-8)16-3/h4-7,11,17H,1-3H3,(H,14,15). The summed E-state index contributed by atoms with van der Waals surface area (Å²) in [5.74, 6) is -0.447. The lowest BCUT2D eigenvalue weighted by Crippen LogP contribution is -2.27. The lowest BCUT2D eigenvalue weighted by molar-refractivity contribution is -0.116. The number of hydrogen-bond acceptors (Lipinski definition) is 3. The Labute approximate surface area is 106 Å². The molecule has 1 rings (SSSR count). The third-order valence-electron chi connectivity index (χ3n) is 2.32. The van der Waals surface area contributed by atoms with Gasteiger partial charge in [-0.05, 0) is 18.1 Å². The molecule has 0 aliphatic heterocycles. The number of rotatable bonds is 4. The van der Waals surface area contributed by atoms with E-state index in [0.717, 1.165) is 0 Å². The first-order valence-electron chi connectivity index (χ1n) is 5.28. The lowest BCUT2D eigenvalue weighted by Gasteiger charge is -2.15. The largest absolute Gasteiger partial charge is 0.494 e. The van der Waals surface area contributed by atoms with Crippen LogP contribution in [-0.2, 0) is 4.79 Å². The molecule has 0 radical (unpaired) electrons. The van der Waals surface area contributed by atoms with Crippen molar-refractivity contribution in [2.45, 2.75) is 19.1 Å². The van der Waals surface area contributed by atoms with Gasteiger partial charge in [-0.1, -0.05) is 13.8 Å². The minimum atomic E-state index is -0.461. The maximum Gasteiger partial charge on any atom is 0.237 e. The zero-order valence-electron chi connectivity index (χ0n) is 10.0. The molecule has 94 valence electrons. The second-order valence-electron chi connectivity index (χ2n) is 4.03. The Morgan fingerprint density at radius 3 is 2.65 bits per heavy atom. The molecule has 1 N–H and O–H groups in total. The fraction of sp³-hybridized carbons (Fsp3) is 0.417. The van der Waals surface area contributed by atoms with Gasteiger partial charge in [0.25, 0.3) is 0 Å². The van der Waals surface area contributed by atoms with E-state index in [1.807, 2.05) is 13.8 Å². The van der Waals surface area contributed by atoms with E-state index in [9.17, 15) is 9.18 Å². The Hall–Kier alpha value is -1.23. The summed E-state index contributed by atoms with van der Waals surface area (Å²) in [6, 6.07) is 4.17. The Bertz CT molecular complexity index is 409. The van der Waals surface area contributed by atoms with E-state index in [1.54, 1.807) is 0 Å². The van der Waals surface area contributed by atoms with Crippen molar-refractivity contribution >= 4 is 24.2 Å². The highest BCUT2D eigenvalue weighted by molar-refractivity contribution is 7.81. The molecule has 0 saturated heterocycles. The van der Waals surface area contributed by atoms with Gasteiger partial charge in [-0.25, -0.2) is 4.39 Å². The van der Waals surface area contributed by atoms with Gasteiger partial charge < -0.3 is 10.1 Å². The number of anilines is 1. The number of benzene rings is 1. The van der Waals surface area contributed by atoms with Gasteiger partial charge in [-0.2, -0.15) is 12.6 Å². The predicted octanol–water partition coefficient (Wildman–Crippen LogP) is 2.73. The van der Waals surface area contributed by atoms with Crippen molar-refractivity contribution in [2.75, 3.05) is 12.4 Å². The molecule has 0 fully saturated rings. The van der Waals surface area contributed by atoms with E-state index in [1.165, 1.54) is 25.3 Å². The Morgan fingerprint density at radius 1 is 1.47 bits per heavy atom. The van der Waals surface area contributed by atoms with Crippen LogP contribution in [-0.4, -0.2) is 18.3 Å². The number of carbonyl (C=O) groups is 1. The van der Waals surface area contributed by atoms with E-state index in [-0.39, 0.29) is 17.6 Å². The maximum atomic E-state index is 13.1. The van der Waals surface area contributed by atoms with Crippen LogP contribution >= 0.6 is 12.6 Å². The summed E-state index contributed by atoms with van der Waals surface area (Å²) in [6.45, 7) is 3.81. The van der Waals surface area contributed by atoms with Crippen LogP contribution in [0, 0.1) is 11.7 Å². The predicted molar refractivity (Wildman–Crippen MR) is 69.2 cm³/mol. The molecule has 0 spiro atoms. The summed E-state index contributed by atoms with van der Waals surface area (Å²) in [4.78, 5) is 11.7. The zero-order chi connectivity index (χ0) is 13.0. The van der Waals surface area contributed by atoms with Crippen molar-refractivity contribution in [3.05, 3.63) is 24.0 Å². The quantitative estimate of drug-likeness (QED) is 0.814. The molecule has 1 aromatic carbocycles. The normalized spacial score (nSPS) is 12.4. The second-order valence-corrected chi connectivity index (χ2v) is 4.58. The number of nitrogens with one attached hydrogen (secondary N) is 1. The summed E-state index contributed by atoms with van der Waals surface area (Å²) in [5.41, 5.74) is 0.493. The van der Waals surface area contributed by atoms with Gasteiger partial charge in [0.05, 0.1) is 12.4 Å². The van der Waals surface area contributed by atoms with Gasteiger partial charge in [-0.15, -0.1) is 0 Å². The maximum absolute atomic E-state index is 13.1.